The topological polar surface area (TPSA) is 84.9 Å². The van der Waals surface area contributed by atoms with Gasteiger partial charge in [-0.05, 0) is 41.5 Å². The van der Waals surface area contributed by atoms with Crippen molar-refractivity contribution in [3.05, 3.63) is 65.7 Å². The maximum atomic E-state index is 12.6. The van der Waals surface area contributed by atoms with Crippen LogP contribution in [-0.2, 0) is 26.1 Å². The molecule has 1 heterocycles. The standard InChI is InChI=1S/C21H24N2O5S/c1-27-19-4-2-3-17(15-19)7-10-21(24)22-16-18-5-8-20(9-6-18)29(25,26)23-11-13-28-14-12-23/h2-10,15H,11-14,16H2,1H3,(H,22,24)/b10-7+. The van der Waals surface area contributed by atoms with E-state index in [2.05, 4.69) is 5.32 Å². The van der Waals surface area contributed by atoms with Gasteiger partial charge in [-0.3, -0.25) is 4.79 Å². The van der Waals surface area contributed by atoms with Gasteiger partial charge in [0.25, 0.3) is 0 Å². The lowest BCUT2D eigenvalue weighted by atomic mass is 10.2. The summed E-state index contributed by atoms with van der Waals surface area (Å²) in [5.74, 6) is 0.484. The molecule has 154 valence electrons. The van der Waals surface area contributed by atoms with Gasteiger partial charge >= 0.3 is 0 Å². The van der Waals surface area contributed by atoms with E-state index in [1.165, 1.54) is 10.4 Å². The number of methoxy groups -OCH3 is 1. The summed E-state index contributed by atoms with van der Waals surface area (Å²) in [5, 5.41) is 2.79. The Bertz CT molecular complexity index is 965. The van der Waals surface area contributed by atoms with Crippen molar-refractivity contribution in [1.82, 2.24) is 9.62 Å². The Morgan fingerprint density at radius 3 is 2.59 bits per heavy atom. The molecule has 0 aromatic heterocycles. The summed E-state index contributed by atoms with van der Waals surface area (Å²) in [6, 6.07) is 13.9. The van der Waals surface area contributed by atoms with Gasteiger partial charge in [0.05, 0.1) is 25.2 Å². The van der Waals surface area contributed by atoms with Crippen molar-refractivity contribution < 1.29 is 22.7 Å². The zero-order chi connectivity index (χ0) is 20.7. The minimum absolute atomic E-state index is 0.238. The summed E-state index contributed by atoms with van der Waals surface area (Å²) in [6.07, 6.45) is 3.15. The molecule has 7 nitrogen and oxygen atoms in total. The van der Waals surface area contributed by atoms with Gasteiger partial charge in [-0.1, -0.05) is 24.3 Å². The molecular formula is C21H24N2O5S. The van der Waals surface area contributed by atoms with Gasteiger partial charge in [0.1, 0.15) is 5.75 Å². The lowest BCUT2D eigenvalue weighted by Crippen LogP contribution is -2.40. The first kappa shape index (κ1) is 21.0. The number of ether oxygens (including phenoxy) is 2. The number of morpholine rings is 1. The average Bonchev–Trinajstić information content (AvgIpc) is 2.77. The molecule has 0 aliphatic carbocycles. The molecule has 0 atom stereocenters. The maximum Gasteiger partial charge on any atom is 0.244 e. The van der Waals surface area contributed by atoms with Gasteiger partial charge in [0.2, 0.25) is 15.9 Å². The fraction of sp³-hybridized carbons (Fsp3) is 0.286. The van der Waals surface area contributed by atoms with Gasteiger partial charge in [0.15, 0.2) is 0 Å². The van der Waals surface area contributed by atoms with Gasteiger partial charge in [-0.25, -0.2) is 8.42 Å². The molecule has 1 aliphatic rings. The normalized spacial score (nSPS) is 15.3. The molecule has 3 rings (SSSR count). The Balaban J connectivity index is 1.55. The largest absolute Gasteiger partial charge is 0.497 e. The quantitative estimate of drug-likeness (QED) is 0.699. The number of rotatable bonds is 7. The molecule has 0 spiro atoms. The van der Waals surface area contributed by atoms with Crippen molar-refractivity contribution >= 4 is 22.0 Å². The number of sulfonamides is 1. The summed E-state index contributed by atoms with van der Waals surface area (Å²) in [7, 11) is -1.92. The lowest BCUT2D eigenvalue weighted by molar-refractivity contribution is -0.116. The van der Waals surface area contributed by atoms with Crippen molar-refractivity contribution in [1.29, 1.82) is 0 Å². The molecule has 2 aromatic carbocycles. The third-order valence-corrected chi connectivity index (χ3v) is 6.43. The molecule has 1 saturated heterocycles. The number of amides is 1. The third-order valence-electron chi connectivity index (χ3n) is 4.52. The Labute approximate surface area is 171 Å². The van der Waals surface area contributed by atoms with Crippen LogP contribution in [0.1, 0.15) is 11.1 Å². The Hall–Kier alpha value is -2.68. The minimum atomic E-state index is -3.51. The molecule has 2 aromatic rings. The fourth-order valence-electron chi connectivity index (χ4n) is 2.88. The first-order valence-electron chi connectivity index (χ1n) is 9.26. The highest BCUT2D eigenvalue weighted by Gasteiger charge is 2.25. The van der Waals surface area contributed by atoms with Crippen molar-refractivity contribution in [3.63, 3.8) is 0 Å². The van der Waals surface area contributed by atoms with Crippen LogP contribution in [0.3, 0.4) is 0 Å². The van der Waals surface area contributed by atoms with E-state index in [1.54, 1.807) is 37.5 Å². The van der Waals surface area contributed by atoms with Crippen LogP contribution in [0, 0.1) is 0 Å². The van der Waals surface area contributed by atoms with E-state index in [-0.39, 0.29) is 10.8 Å². The van der Waals surface area contributed by atoms with Crippen molar-refractivity contribution in [2.45, 2.75) is 11.4 Å². The van der Waals surface area contributed by atoms with Crippen LogP contribution in [0.25, 0.3) is 6.08 Å². The van der Waals surface area contributed by atoms with Crippen LogP contribution in [-0.4, -0.2) is 52.0 Å². The van der Waals surface area contributed by atoms with E-state index >= 15 is 0 Å². The first-order valence-corrected chi connectivity index (χ1v) is 10.7. The van der Waals surface area contributed by atoms with E-state index in [1.807, 2.05) is 24.3 Å². The van der Waals surface area contributed by atoms with Crippen molar-refractivity contribution in [2.75, 3.05) is 33.4 Å². The predicted octanol–water partition coefficient (Wildman–Crippen LogP) is 2.05. The number of nitrogens with one attached hydrogen (secondary N) is 1. The number of benzene rings is 2. The highest BCUT2D eigenvalue weighted by Crippen LogP contribution is 2.18. The fourth-order valence-corrected chi connectivity index (χ4v) is 4.29. The molecule has 0 unspecified atom stereocenters. The Morgan fingerprint density at radius 1 is 1.17 bits per heavy atom. The van der Waals surface area contributed by atoms with E-state index < -0.39 is 10.0 Å². The molecular weight excluding hydrogens is 392 g/mol. The summed E-state index contributed by atoms with van der Waals surface area (Å²) >= 11 is 0. The summed E-state index contributed by atoms with van der Waals surface area (Å²) in [4.78, 5) is 12.3. The number of hydrogen-bond acceptors (Lipinski definition) is 5. The van der Waals surface area contributed by atoms with Crippen LogP contribution in [0.15, 0.2) is 59.5 Å². The number of carbonyl (C=O) groups is 1. The molecule has 29 heavy (non-hydrogen) atoms. The first-order chi connectivity index (χ1) is 14.0. The highest BCUT2D eigenvalue weighted by molar-refractivity contribution is 7.89. The predicted molar refractivity (Wildman–Crippen MR) is 110 cm³/mol. The average molecular weight is 416 g/mol. The summed E-state index contributed by atoms with van der Waals surface area (Å²) in [5.41, 5.74) is 1.67. The number of hydrogen-bond donors (Lipinski definition) is 1. The molecule has 0 radical (unpaired) electrons. The zero-order valence-electron chi connectivity index (χ0n) is 16.2. The molecule has 0 bridgehead atoms. The molecule has 1 aliphatic heterocycles. The SMILES string of the molecule is COc1cccc(/C=C/C(=O)NCc2ccc(S(=O)(=O)N3CCOCC3)cc2)c1. The second-order valence-electron chi connectivity index (χ2n) is 6.49. The molecule has 1 N–H and O–H groups in total. The van der Waals surface area contributed by atoms with E-state index in [0.29, 0.717) is 32.8 Å². The van der Waals surface area contributed by atoms with Gasteiger partial charge < -0.3 is 14.8 Å². The smallest absolute Gasteiger partial charge is 0.244 e. The molecule has 8 heteroatoms. The van der Waals surface area contributed by atoms with Crippen LogP contribution in [0.4, 0.5) is 0 Å². The molecule has 1 fully saturated rings. The van der Waals surface area contributed by atoms with Crippen molar-refractivity contribution in [3.8, 4) is 5.75 Å². The van der Waals surface area contributed by atoms with Crippen LogP contribution in [0.5, 0.6) is 5.75 Å². The van der Waals surface area contributed by atoms with Crippen molar-refractivity contribution in [2.24, 2.45) is 0 Å². The third kappa shape index (κ3) is 5.66. The maximum absolute atomic E-state index is 12.6. The van der Waals surface area contributed by atoms with Crippen LogP contribution < -0.4 is 10.1 Å². The van der Waals surface area contributed by atoms with Crippen LogP contribution >= 0.6 is 0 Å². The molecule has 1 amide bonds. The zero-order valence-corrected chi connectivity index (χ0v) is 17.0. The van der Waals surface area contributed by atoms with Crippen LogP contribution in [0.2, 0.25) is 0 Å². The number of carbonyl (C=O) groups excluding carboxylic acids is 1. The highest BCUT2D eigenvalue weighted by atomic mass is 32.2. The second-order valence-corrected chi connectivity index (χ2v) is 8.43. The molecule has 0 saturated carbocycles. The number of nitrogens with zero attached hydrogens (tertiary/aromatic N) is 1. The van der Waals surface area contributed by atoms with Gasteiger partial charge in [-0.2, -0.15) is 4.31 Å². The van der Waals surface area contributed by atoms with E-state index in [9.17, 15) is 13.2 Å². The second kappa shape index (κ2) is 9.69. The monoisotopic (exact) mass is 416 g/mol. The minimum Gasteiger partial charge on any atom is -0.497 e. The Morgan fingerprint density at radius 2 is 1.90 bits per heavy atom. The van der Waals surface area contributed by atoms with E-state index in [0.717, 1.165) is 16.9 Å². The summed E-state index contributed by atoms with van der Waals surface area (Å²) in [6.45, 7) is 1.85. The van der Waals surface area contributed by atoms with Gasteiger partial charge in [0, 0.05) is 25.7 Å². The lowest BCUT2D eigenvalue weighted by Gasteiger charge is -2.26. The van der Waals surface area contributed by atoms with Gasteiger partial charge in [-0.15, -0.1) is 0 Å². The van der Waals surface area contributed by atoms with E-state index in [4.69, 9.17) is 9.47 Å². The Kier molecular flexibility index (Phi) is 7.03. The summed E-state index contributed by atoms with van der Waals surface area (Å²) < 4.78 is 37.0.